The second-order valence-electron chi connectivity index (χ2n) is 4.56. The molecule has 0 unspecified atom stereocenters. The molecule has 0 fully saturated rings. The predicted molar refractivity (Wildman–Crippen MR) is 74.5 cm³/mol. The lowest BCUT2D eigenvalue weighted by Gasteiger charge is -2.01. The minimum atomic E-state index is 1.09. The van der Waals surface area contributed by atoms with E-state index in [0.717, 1.165) is 6.42 Å². The predicted octanol–water partition coefficient (Wildman–Crippen LogP) is 5.84. The molecule has 0 bridgehead atoms. The fourth-order valence-corrected chi connectivity index (χ4v) is 1.93. The lowest BCUT2D eigenvalue weighted by atomic mass is 10.1. The van der Waals surface area contributed by atoms with Crippen molar-refractivity contribution >= 4 is 0 Å². The molecule has 0 N–H and O–H groups in total. The molecule has 0 aromatic carbocycles. The van der Waals surface area contributed by atoms with Gasteiger partial charge >= 0.3 is 0 Å². The third-order valence-electron chi connectivity index (χ3n) is 2.98. The minimum absolute atomic E-state index is 1.09. The van der Waals surface area contributed by atoms with E-state index in [0.29, 0.717) is 0 Å². The zero-order valence-corrected chi connectivity index (χ0v) is 11.1. The molecule has 0 rings (SSSR count). The number of hydrogen-bond donors (Lipinski definition) is 0. The molecule has 0 saturated carbocycles. The monoisotopic (exact) mass is 221 g/mol. The molecule has 0 heterocycles. The van der Waals surface area contributed by atoms with Crippen LogP contribution in [0.25, 0.3) is 0 Å². The van der Waals surface area contributed by atoms with Crippen LogP contribution >= 0.6 is 0 Å². The Morgan fingerprint density at radius 1 is 0.688 bits per heavy atom. The van der Waals surface area contributed by atoms with Crippen LogP contribution in [0.4, 0.5) is 0 Å². The molecule has 0 aliphatic heterocycles. The second-order valence-corrected chi connectivity index (χ2v) is 4.56. The molecule has 0 atom stereocenters. The van der Waals surface area contributed by atoms with Gasteiger partial charge in [0.1, 0.15) is 0 Å². The van der Waals surface area contributed by atoms with Gasteiger partial charge in [-0.05, 0) is 32.6 Å². The van der Waals surface area contributed by atoms with Gasteiger partial charge in [-0.2, -0.15) is 0 Å². The van der Waals surface area contributed by atoms with Crippen molar-refractivity contribution in [2.75, 3.05) is 0 Å². The summed E-state index contributed by atoms with van der Waals surface area (Å²) in [6.07, 6.45) is 21.1. The van der Waals surface area contributed by atoms with Gasteiger partial charge in [-0.3, -0.25) is 0 Å². The van der Waals surface area contributed by atoms with Gasteiger partial charge in [-0.25, -0.2) is 0 Å². The summed E-state index contributed by atoms with van der Waals surface area (Å²) in [7, 11) is 0. The first-order valence-electron chi connectivity index (χ1n) is 7.06. The highest BCUT2D eigenvalue weighted by Gasteiger charge is 1.91. The van der Waals surface area contributed by atoms with Crippen LogP contribution < -0.4 is 0 Å². The van der Waals surface area contributed by atoms with Crippen molar-refractivity contribution in [2.45, 2.75) is 77.6 Å². The van der Waals surface area contributed by atoms with Crippen LogP contribution in [0.15, 0.2) is 18.2 Å². The summed E-state index contributed by atoms with van der Waals surface area (Å²) >= 11 is 0. The Morgan fingerprint density at radius 3 is 1.56 bits per heavy atom. The average molecular weight is 221 g/mol. The molecule has 0 nitrogen and oxygen atoms in total. The Labute approximate surface area is 103 Å². The first kappa shape index (κ1) is 15.5. The van der Waals surface area contributed by atoms with Crippen molar-refractivity contribution in [1.82, 2.24) is 0 Å². The van der Waals surface area contributed by atoms with Crippen molar-refractivity contribution in [2.24, 2.45) is 0 Å². The second kappa shape index (κ2) is 14.5. The van der Waals surface area contributed by atoms with Crippen LogP contribution in [-0.2, 0) is 0 Å². The average Bonchev–Trinajstić information content (AvgIpc) is 2.31. The first-order valence-corrected chi connectivity index (χ1v) is 7.06. The maximum atomic E-state index is 5.33. The molecule has 0 aromatic heterocycles. The molecule has 0 heteroatoms. The summed E-state index contributed by atoms with van der Waals surface area (Å²) in [4.78, 5) is 0. The van der Waals surface area contributed by atoms with Gasteiger partial charge in [-0.1, -0.05) is 69.8 Å². The normalized spacial score (nSPS) is 11.1. The molecule has 93 valence electrons. The van der Waals surface area contributed by atoms with E-state index in [9.17, 15) is 0 Å². The summed E-state index contributed by atoms with van der Waals surface area (Å²) in [5.41, 5.74) is 0. The molecule has 0 aliphatic carbocycles. The summed E-state index contributed by atoms with van der Waals surface area (Å²) in [6, 6.07) is 0. The van der Waals surface area contributed by atoms with E-state index < -0.39 is 0 Å². The van der Waals surface area contributed by atoms with Gasteiger partial charge in [0.2, 0.25) is 0 Å². The van der Waals surface area contributed by atoms with E-state index in [1.54, 1.807) is 6.08 Å². The minimum Gasteiger partial charge on any atom is -0.0917 e. The molecule has 0 aromatic rings. The topological polar surface area (TPSA) is 0 Å². The fraction of sp³-hybridized carbons (Fsp3) is 0.750. The SMILES string of the molecule is [CH]=CCCCCCCCCCCCC=CC. The van der Waals surface area contributed by atoms with Crippen molar-refractivity contribution in [3.05, 3.63) is 24.8 Å². The van der Waals surface area contributed by atoms with E-state index in [-0.39, 0.29) is 0 Å². The van der Waals surface area contributed by atoms with Gasteiger partial charge < -0.3 is 0 Å². The quantitative estimate of drug-likeness (QED) is 0.287. The largest absolute Gasteiger partial charge is 0.0917 e. The van der Waals surface area contributed by atoms with Crippen LogP contribution in [0.1, 0.15) is 77.6 Å². The van der Waals surface area contributed by atoms with Crippen LogP contribution in [0.2, 0.25) is 0 Å². The molecule has 0 saturated heterocycles. The van der Waals surface area contributed by atoms with E-state index in [4.69, 9.17) is 6.58 Å². The Balaban J connectivity index is 2.90. The summed E-state index contributed by atoms with van der Waals surface area (Å²) in [5, 5.41) is 0. The number of hydrogen-bond acceptors (Lipinski definition) is 0. The lowest BCUT2D eigenvalue weighted by Crippen LogP contribution is -1.81. The summed E-state index contributed by atoms with van der Waals surface area (Å²) < 4.78 is 0. The van der Waals surface area contributed by atoms with Crippen LogP contribution in [0.3, 0.4) is 0 Å². The lowest BCUT2D eigenvalue weighted by molar-refractivity contribution is 0.561. The van der Waals surface area contributed by atoms with Crippen molar-refractivity contribution < 1.29 is 0 Å². The number of unbranched alkanes of at least 4 members (excludes halogenated alkanes) is 10. The van der Waals surface area contributed by atoms with Crippen molar-refractivity contribution in [1.29, 1.82) is 0 Å². The highest BCUT2D eigenvalue weighted by Crippen LogP contribution is 2.11. The van der Waals surface area contributed by atoms with E-state index in [2.05, 4.69) is 19.1 Å². The Morgan fingerprint density at radius 2 is 1.12 bits per heavy atom. The zero-order valence-electron chi connectivity index (χ0n) is 11.1. The Bertz CT molecular complexity index is 155. The van der Waals surface area contributed by atoms with E-state index in [1.807, 2.05) is 0 Å². The summed E-state index contributed by atoms with van der Waals surface area (Å²) in [6.45, 7) is 7.43. The Hall–Kier alpha value is -0.520. The molecule has 0 spiro atoms. The molecule has 16 heavy (non-hydrogen) atoms. The zero-order chi connectivity index (χ0) is 11.9. The maximum absolute atomic E-state index is 5.33. The standard InChI is InChI=1S/C16H29/c1-3-5-7-9-11-13-15-16-14-12-10-8-6-4-2/h1,3-4,6H,5,7-16H2,2H3. The molecule has 1 radical (unpaired) electrons. The van der Waals surface area contributed by atoms with Crippen LogP contribution in [0.5, 0.6) is 0 Å². The third-order valence-corrected chi connectivity index (χ3v) is 2.98. The van der Waals surface area contributed by atoms with Gasteiger partial charge in [-0.15, -0.1) is 0 Å². The smallest absolute Gasteiger partial charge is 0.0348 e. The maximum Gasteiger partial charge on any atom is -0.0348 e. The summed E-state index contributed by atoms with van der Waals surface area (Å²) in [5.74, 6) is 0. The van der Waals surface area contributed by atoms with Crippen LogP contribution in [-0.4, -0.2) is 0 Å². The highest BCUT2D eigenvalue weighted by atomic mass is 14.0. The highest BCUT2D eigenvalue weighted by molar-refractivity contribution is 4.76. The van der Waals surface area contributed by atoms with E-state index in [1.165, 1.54) is 64.2 Å². The van der Waals surface area contributed by atoms with Crippen molar-refractivity contribution in [3.63, 3.8) is 0 Å². The fourth-order valence-electron chi connectivity index (χ4n) is 1.93. The van der Waals surface area contributed by atoms with Gasteiger partial charge in [0.25, 0.3) is 0 Å². The first-order chi connectivity index (χ1) is 7.91. The number of rotatable bonds is 12. The van der Waals surface area contributed by atoms with Gasteiger partial charge in [0.15, 0.2) is 0 Å². The molecule has 0 amide bonds. The molecular weight excluding hydrogens is 192 g/mol. The van der Waals surface area contributed by atoms with Gasteiger partial charge in [0, 0.05) is 0 Å². The third kappa shape index (κ3) is 13.5. The van der Waals surface area contributed by atoms with E-state index >= 15 is 0 Å². The molecular formula is C16H29. The van der Waals surface area contributed by atoms with Crippen molar-refractivity contribution in [3.8, 4) is 0 Å². The van der Waals surface area contributed by atoms with Gasteiger partial charge in [0.05, 0.1) is 0 Å². The number of allylic oxidation sites excluding steroid dienone is 3. The van der Waals surface area contributed by atoms with Crippen LogP contribution in [0, 0.1) is 6.58 Å². The molecule has 0 aliphatic rings. The Kier molecular flexibility index (Phi) is 14.0.